The first-order valence-corrected chi connectivity index (χ1v) is 13.2. The maximum Gasteiger partial charge on any atom is 0.340 e. The number of nitrogens with zero attached hydrogens (tertiary/aromatic N) is 1. The SMILES string of the molecule is COC(=O)c1cc(C(=O)OC)c(C(=O)OC)c(S(=O)(=O)Nc2cc(S(=O)(=O)N(C)C)c(O)c3c2OCO3)c1. The number of phenolic OH excluding ortho intramolecular Hbond substituents is 1. The predicted octanol–water partition coefficient (Wildman–Crippen LogP) is 0.532. The molecule has 2 N–H and O–H groups in total. The van der Waals surface area contributed by atoms with E-state index in [9.17, 15) is 36.3 Å². The minimum absolute atomic E-state index is 0.360. The van der Waals surface area contributed by atoms with Crippen LogP contribution in [0.4, 0.5) is 5.69 Å². The van der Waals surface area contributed by atoms with Crippen LogP contribution in [0.25, 0.3) is 0 Å². The third-order valence-electron chi connectivity index (χ3n) is 5.19. The molecule has 0 fully saturated rings. The fraction of sp³-hybridized carbons (Fsp3) is 0.286. The third kappa shape index (κ3) is 4.90. The summed E-state index contributed by atoms with van der Waals surface area (Å²) in [6.45, 7) is -0.485. The zero-order chi connectivity index (χ0) is 28.6. The molecule has 15 nitrogen and oxygen atoms in total. The summed E-state index contributed by atoms with van der Waals surface area (Å²) < 4.78 is 79.8. The lowest BCUT2D eigenvalue weighted by Gasteiger charge is -2.18. The summed E-state index contributed by atoms with van der Waals surface area (Å²) in [7, 11) is -4.01. The van der Waals surface area contributed by atoms with E-state index >= 15 is 0 Å². The predicted molar refractivity (Wildman–Crippen MR) is 126 cm³/mol. The van der Waals surface area contributed by atoms with Crippen LogP contribution in [-0.4, -0.2) is 86.4 Å². The Bertz CT molecular complexity index is 1550. The molecule has 0 saturated carbocycles. The highest BCUT2D eigenvalue weighted by Gasteiger charge is 2.36. The molecule has 0 saturated heterocycles. The molecule has 0 amide bonds. The second-order valence-electron chi connectivity index (χ2n) is 7.60. The minimum Gasteiger partial charge on any atom is -0.503 e. The highest BCUT2D eigenvalue weighted by Crippen LogP contribution is 2.50. The van der Waals surface area contributed by atoms with Gasteiger partial charge < -0.3 is 28.8 Å². The molecule has 1 aliphatic rings. The van der Waals surface area contributed by atoms with Crippen molar-refractivity contribution in [1.29, 1.82) is 0 Å². The van der Waals surface area contributed by atoms with E-state index < -0.39 is 88.4 Å². The van der Waals surface area contributed by atoms with E-state index in [2.05, 4.69) is 18.9 Å². The Kier molecular flexibility index (Phi) is 7.75. The maximum absolute atomic E-state index is 13.6. The molecule has 0 aromatic heterocycles. The summed E-state index contributed by atoms with van der Waals surface area (Å²) in [5.74, 6) is -5.14. The first-order chi connectivity index (χ1) is 17.7. The van der Waals surface area contributed by atoms with Crippen LogP contribution in [0.3, 0.4) is 0 Å². The van der Waals surface area contributed by atoms with Gasteiger partial charge in [0, 0.05) is 14.1 Å². The Labute approximate surface area is 216 Å². The maximum atomic E-state index is 13.6. The summed E-state index contributed by atoms with van der Waals surface area (Å²) in [5, 5.41) is 10.5. The molecular weight excluding hydrogens is 552 g/mol. The standard InChI is InChI=1S/C21H22N2O13S2/c1-23(2)38(30,31)14-8-12(17-18(16(14)24)36-9-35-17)22-37(28,29)13-7-10(19(25)32-3)6-11(20(26)33-4)15(13)21(27)34-5/h6-8,22,24H,9H2,1-5H3. The molecule has 1 aliphatic heterocycles. The Morgan fingerprint density at radius 2 is 1.45 bits per heavy atom. The molecule has 0 aliphatic carbocycles. The molecule has 0 atom stereocenters. The van der Waals surface area contributed by atoms with Crippen LogP contribution in [0, 0.1) is 0 Å². The Balaban J connectivity index is 2.33. The van der Waals surface area contributed by atoms with E-state index in [4.69, 9.17) is 9.47 Å². The van der Waals surface area contributed by atoms with Gasteiger partial charge in [0.1, 0.15) is 9.79 Å². The van der Waals surface area contributed by atoms with Crippen LogP contribution >= 0.6 is 0 Å². The van der Waals surface area contributed by atoms with Gasteiger partial charge in [0.25, 0.3) is 10.0 Å². The second-order valence-corrected chi connectivity index (χ2v) is 11.4. The fourth-order valence-corrected chi connectivity index (χ4v) is 5.64. The lowest BCUT2D eigenvalue weighted by Crippen LogP contribution is -2.24. The van der Waals surface area contributed by atoms with Gasteiger partial charge in [-0.25, -0.2) is 35.5 Å². The van der Waals surface area contributed by atoms with Crippen LogP contribution in [0.1, 0.15) is 31.1 Å². The van der Waals surface area contributed by atoms with Gasteiger partial charge in [0.05, 0.1) is 43.7 Å². The number of carbonyl (C=O) groups excluding carboxylic acids is 3. The number of hydrogen-bond donors (Lipinski definition) is 2. The number of methoxy groups -OCH3 is 3. The number of esters is 3. The second kappa shape index (κ2) is 10.3. The van der Waals surface area contributed by atoms with Gasteiger partial charge >= 0.3 is 17.9 Å². The van der Waals surface area contributed by atoms with Crippen molar-refractivity contribution in [1.82, 2.24) is 4.31 Å². The van der Waals surface area contributed by atoms with Crippen LogP contribution in [-0.2, 0) is 34.3 Å². The number of carbonyl (C=O) groups is 3. The van der Waals surface area contributed by atoms with Crippen LogP contribution in [0.5, 0.6) is 17.2 Å². The van der Waals surface area contributed by atoms with Gasteiger partial charge in [-0.1, -0.05) is 0 Å². The van der Waals surface area contributed by atoms with Crippen LogP contribution in [0.15, 0.2) is 28.0 Å². The molecule has 2 aromatic rings. The topological polar surface area (TPSA) is 201 Å². The molecule has 38 heavy (non-hydrogen) atoms. The van der Waals surface area contributed by atoms with E-state index in [1.165, 1.54) is 14.1 Å². The Morgan fingerprint density at radius 1 is 0.868 bits per heavy atom. The Morgan fingerprint density at radius 3 is 2.00 bits per heavy atom. The quantitative estimate of drug-likeness (QED) is 0.251. The summed E-state index contributed by atoms with van der Waals surface area (Å²) >= 11 is 0. The van der Waals surface area contributed by atoms with E-state index in [0.29, 0.717) is 0 Å². The summed E-state index contributed by atoms with van der Waals surface area (Å²) in [6, 6.07) is 2.42. The zero-order valence-corrected chi connectivity index (χ0v) is 22.2. The number of sulfonamides is 2. The van der Waals surface area contributed by atoms with Gasteiger partial charge in [-0.15, -0.1) is 0 Å². The van der Waals surface area contributed by atoms with Crippen LogP contribution < -0.4 is 14.2 Å². The molecular formula is C21H22N2O13S2. The third-order valence-corrected chi connectivity index (χ3v) is 8.41. The monoisotopic (exact) mass is 574 g/mol. The number of phenols is 1. The molecule has 206 valence electrons. The Hall–Kier alpha value is -4.09. The van der Waals surface area contributed by atoms with Gasteiger partial charge in [-0.2, -0.15) is 0 Å². The number of ether oxygens (including phenoxy) is 5. The number of anilines is 1. The highest BCUT2D eigenvalue weighted by atomic mass is 32.2. The zero-order valence-electron chi connectivity index (χ0n) is 20.5. The normalized spacial score (nSPS) is 12.7. The average Bonchev–Trinajstić information content (AvgIpc) is 3.38. The van der Waals surface area contributed by atoms with Crippen molar-refractivity contribution in [2.24, 2.45) is 0 Å². The molecule has 1 heterocycles. The van der Waals surface area contributed by atoms with E-state index in [0.717, 1.165) is 43.8 Å². The molecule has 0 spiro atoms. The van der Waals surface area contributed by atoms with Crippen molar-refractivity contribution in [3.05, 3.63) is 34.9 Å². The van der Waals surface area contributed by atoms with E-state index in [-0.39, 0.29) is 5.75 Å². The molecule has 17 heteroatoms. The fourth-order valence-electron chi connectivity index (χ4n) is 3.35. The summed E-state index contributed by atoms with van der Waals surface area (Å²) in [5.41, 5.74) is -2.36. The van der Waals surface area contributed by atoms with Crippen molar-refractivity contribution >= 4 is 43.6 Å². The van der Waals surface area contributed by atoms with Gasteiger partial charge in [0.15, 0.2) is 11.5 Å². The van der Waals surface area contributed by atoms with Gasteiger partial charge in [-0.05, 0) is 18.2 Å². The number of benzene rings is 2. The number of aromatic hydroxyl groups is 1. The first-order valence-electron chi connectivity index (χ1n) is 10.2. The average molecular weight is 575 g/mol. The van der Waals surface area contributed by atoms with E-state index in [1.807, 2.05) is 0 Å². The molecule has 3 rings (SSSR count). The minimum atomic E-state index is -4.94. The first kappa shape index (κ1) is 28.5. The largest absolute Gasteiger partial charge is 0.503 e. The van der Waals surface area contributed by atoms with E-state index in [1.54, 1.807) is 0 Å². The lowest BCUT2D eigenvalue weighted by atomic mass is 10.0. The van der Waals surface area contributed by atoms with Gasteiger partial charge in [-0.3, -0.25) is 4.72 Å². The number of rotatable bonds is 8. The molecule has 0 unspecified atom stereocenters. The number of nitrogens with one attached hydrogen (secondary N) is 1. The summed E-state index contributed by atoms with van der Waals surface area (Å²) in [6.07, 6.45) is 0. The van der Waals surface area contributed by atoms with Crippen molar-refractivity contribution in [3.8, 4) is 17.2 Å². The molecule has 0 radical (unpaired) electrons. The number of fused-ring (bicyclic) bond motifs is 1. The number of hydrogen-bond acceptors (Lipinski definition) is 13. The van der Waals surface area contributed by atoms with Crippen LogP contribution in [0.2, 0.25) is 0 Å². The lowest BCUT2D eigenvalue weighted by molar-refractivity contribution is 0.0549. The van der Waals surface area contributed by atoms with Crippen molar-refractivity contribution in [3.63, 3.8) is 0 Å². The van der Waals surface area contributed by atoms with Crippen molar-refractivity contribution in [2.45, 2.75) is 9.79 Å². The van der Waals surface area contributed by atoms with Crippen molar-refractivity contribution in [2.75, 3.05) is 46.9 Å². The van der Waals surface area contributed by atoms with Gasteiger partial charge in [0.2, 0.25) is 22.6 Å². The molecule has 2 aromatic carbocycles. The highest BCUT2D eigenvalue weighted by molar-refractivity contribution is 7.92. The molecule has 0 bridgehead atoms. The smallest absolute Gasteiger partial charge is 0.340 e. The summed E-state index contributed by atoms with van der Waals surface area (Å²) in [4.78, 5) is 35.6. The van der Waals surface area contributed by atoms with Crippen molar-refractivity contribution < 1.29 is 60.0 Å².